The number of carbonyl (C=O) groups excluding carboxylic acids is 2. The topological polar surface area (TPSA) is 115 Å². The SMILES string of the molecule is Cc1ccc(-c2nnc(SCC(=O)NC(=O)NC3CCCC3)n2N)cc1. The van der Waals surface area contributed by atoms with E-state index in [9.17, 15) is 9.59 Å². The van der Waals surface area contributed by atoms with Crippen molar-refractivity contribution in [1.82, 2.24) is 25.5 Å². The molecule has 1 aliphatic rings. The number of urea groups is 1. The van der Waals surface area contributed by atoms with Gasteiger partial charge in [0.1, 0.15) is 0 Å². The maximum absolute atomic E-state index is 11.9. The van der Waals surface area contributed by atoms with Crippen molar-refractivity contribution in [1.29, 1.82) is 0 Å². The zero-order valence-corrected chi connectivity index (χ0v) is 15.4. The van der Waals surface area contributed by atoms with Crippen molar-refractivity contribution >= 4 is 23.7 Å². The number of amides is 3. The number of rotatable bonds is 5. The van der Waals surface area contributed by atoms with Crippen LogP contribution in [0.5, 0.6) is 0 Å². The third-order valence-electron chi connectivity index (χ3n) is 4.25. The quantitative estimate of drug-likeness (QED) is 0.543. The molecule has 9 heteroatoms. The maximum atomic E-state index is 11.9. The molecule has 1 saturated carbocycles. The Morgan fingerprint density at radius 3 is 2.62 bits per heavy atom. The molecule has 1 aliphatic carbocycles. The molecule has 1 fully saturated rings. The summed E-state index contributed by atoms with van der Waals surface area (Å²) in [5.74, 6) is 6.18. The number of aryl methyl sites for hydroxylation is 1. The molecule has 1 aromatic heterocycles. The van der Waals surface area contributed by atoms with Gasteiger partial charge in [0, 0.05) is 11.6 Å². The molecule has 1 aromatic carbocycles. The number of thioether (sulfide) groups is 1. The van der Waals surface area contributed by atoms with Gasteiger partial charge >= 0.3 is 6.03 Å². The molecule has 3 rings (SSSR count). The Morgan fingerprint density at radius 2 is 1.92 bits per heavy atom. The van der Waals surface area contributed by atoms with E-state index >= 15 is 0 Å². The van der Waals surface area contributed by atoms with Gasteiger partial charge in [0.05, 0.1) is 5.75 Å². The van der Waals surface area contributed by atoms with Crippen molar-refractivity contribution in [2.24, 2.45) is 0 Å². The van der Waals surface area contributed by atoms with Gasteiger partial charge in [-0.1, -0.05) is 54.4 Å². The van der Waals surface area contributed by atoms with Crippen LogP contribution in [0.3, 0.4) is 0 Å². The van der Waals surface area contributed by atoms with E-state index in [-0.39, 0.29) is 11.8 Å². The molecule has 3 amide bonds. The van der Waals surface area contributed by atoms with Crippen molar-refractivity contribution < 1.29 is 9.59 Å². The van der Waals surface area contributed by atoms with E-state index in [1.807, 2.05) is 31.2 Å². The number of hydrogen-bond acceptors (Lipinski definition) is 6. The van der Waals surface area contributed by atoms with Crippen molar-refractivity contribution in [3.05, 3.63) is 29.8 Å². The Morgan fingerprint density at radius 1 is 1.23 bits per heavy atom. The van der Waals surface area contributed by atoms with Crippen LogP contribution in [0, 0.1) is 6.92 Å². The first-order valence-electron chi connectivity index (χ1n) is 8.53. The van der Waals surface area contributed by atoms with Crippen LogP contribution >= 0.6 is 11.8 Å². The standard InChI is InChI=1S/C17H22N6O2S/c1-11-6-8-12(9-7-11)15-21-22-17(23(15)18)26-10-14(24)20-16(25)19-13-4-2-3-5-13/h6-9,13H,2-5,10,18H2,1H3,(H2,19,20,24,25). The van der Waals surface area contributed by atoms with Crippen molar-refractivity contribution in [2.75, 3.05) is 11.6 Å². The second-order valence-electron chi connectivity index (χ2n) is 6.33. The van der Waals surface area contributed by atoms with Gasteiger partial charge in [0.25, 0.3) is 0 Å². The first kappa shape index (κ1) is 18.2. The smallest absolute Gasteiger partial charge is 0.321 e. The summed E-state index contributed by atoms with van der Waals surface area (Å²) in [7, 11) is 0. The van der Waals surface area contributed by atoms with E-state index in [4.69, 9.17) is 5.84 Å². The highest BCUT2D eigenvalue weighted by molar-refractivity contribution is 7.99. The number of hydrogen-bond donors (Lipinski definition) is 3. The molecular formula is C17H22N6O2S. The Bertz CT molecular complexity index is 783. The summed E-state index contributed by atoms with van der Waals surface area (Å²) in [6.07, 6.45) is 4.16. The first-order valence-corrected chi connectivity index (χ1v) is 9.52. The molecule has 0 bridgehead atoms. The zero-order chi connectivity index (χ0) is 18.5. The molecular weight excluding hydrogens is 352 g/mol. The number of nitrogens with two attached hydrogens (primary N) is 1. The molecule has 2 aromatic rings. The van der Waals surface area contributed by atoms with Crippen LogP contribution in [0.1, 0.15) is 31.2 Å². The summed E-state index contributed by atoms with van der Waals surface area (Å²) in [5, 5.41) is 13.7. The van der Waals surface area contributed by atoms with Crippen LogP contribution in [0.2, 0.25) is 0 Å². The number of nitrogen functional groups attached to an aromatic ring is 1. The van der Waals surface area contributed by atoms with E-state index in [2.05, 4.69) is 20.8 Å². The fraction of sp³-hybridized carbons (Fsp3) is 0.412. The maximum Gasteiger partial charge on any atom is 0.321 e. The molecule has 26 heavy (non-hydrogen) atoms. The number of nitrogens with one attached hydrogen (secondary N) is 2. The molecule has 0 atom stereocenters. The summed E-state index contributed by atoms with van der Waals surface area (Å²) in [6.45, 7) is 2.00. The Labute approximate surface area is 155 Å². The van der Waals surface area contributed by atoms with Gasteiger partial charge in [-0.2, -0.15) is 0 Å². The Kier molecular flexibility index (Phi) is 5.77. The predicted octanol–water partition coefficient (Wildman–Crippen LogP) is 1.83. The summed E-state index contributed by atoms with van der Waals surface area (Å²) < 4.78 is 1.35. The highest BCUT2D eigenvalue weighted by atomic mass is 32.2. The van der Waals surface area contributed by atoms with Crippen molar-refractivity contribution in [2.45, 2.75) is 43.8 Å². The lowest BCUT2D eigenvalue weighted by atomic mass is 10.1. The molecule has 1 heterocycles. The van der Waals surface area contributed by atoms with Crippen LogP contribution in [-0.4, -0.2) is 38.6 Å². The number of benzene rings is 1. The number of imide groups is 1. The van der Waals surface area contributed by atoms with Gasteiger partial charge in [-0.15, -0.1) is 10.2 Å². The predicted molar refractivity (Wildman–Crippen MR) is 100.0 cm³/mol. The van der Waals surface area contributed by atoms with Crippen LogP contribution in [0.4, 0.5) is 4.79 Å². The largest absolute Gasteiger partial charge is 0.335 e. The second-order valence-corrected chi connectivity index (χ2v) is 7.28. The fourth-order valence-corrected chi connectivity index (χ4v) is 3.52. The minimum atomic E-state index is -0.447. The van der Waals surface area contributed by atoms with Gasteiger partial charge in [-0.25, -0.2) is 9.47 Å². The number of aromatic nitrogens is 3. The van der Waals surface area contributed by atoms with Gasteiger partial charge in [0.15, 0.2) is 5.82 Å². The van der Waals surface area contributed by atoms with E-state index < -0.39 is 11.9 Å². The lowest BCUT2D eigenvalue weighted by Crippen LogP contribution is -2.44. The third-order valence-corrected chi connectivity index (χ3v) is 5.19. The van der Waals surface area contributed by atoms with Crippen LogP contribution < -0.4 is 16.5 Å². The van der Waals surface area contributed by atoms with Gasteiger partial charge < -0.3 is 11.2 Å². The average Bonchev–Trinajstić information content (AvgIpc) is 3.24. The van der Waals surface area contributed by atoms with Gasteiger partial charge in [0.2, 0.25) is 11.1 Å². The zero-order valence-electron chi connectivity index (χ0n) is 14.6. The van der Waals surface area contributed by atoms with E-state index in [1.165, 1.54) is 4.68 Å². The van der Waals surface area contributed by atoms with Crippen molar-refractivity contribution in [3.8, 4) is 11.4 Å². The summed E-state index contributed by atoms with van der Waals surface area (Å²) in [6, 6.07) is 7.48. The molecule has 0 saturated heterocycles. The average molecular weight is 374 g/mol. The second kappa shape index (κ2) is 8.22. The highest BCUT2D eigenvalue weighted by Gasteiger charge is 2.19. The summed E-state index contributed by atoms with van der Waals surface area (Å²) in [4.78, 5) is 23.7. The monoisotopic (exact) mass is 374 g/mol. The third kappa shape index (κ3) is 4.54. The molecule has 4 N–H and O–H groups in total. The van der Waals surface area contributed by atoms with Crippen LogP contribution in [-0.2, 0) is 4.79 Å². The van der Waals surface area contributed by atoms with Gasteiger partial charge in [-0.05, 0) is 19.8 Å². The number of carbonyl (C=O) groups is 2. The first-order chi connectivity index (χ1) is 12.5. The van der Waals surface area contributed by atoms with Gasteiger partial charge in [-0.3, -0.25) is 10.1 Å². The molecule has 0 radical (unpaired) electrons. The summed E-state index contributed by atoms with van der Waals surface area (Å²) in [5.41, 5.74) is 1.98. The van der Waals surface area contributed by atoms with E-state index in [0.717, 1.165) is 48.6 Å². The molecule has 0 aliphatic heterocycles. The lowest BCUT2D eigenvalue weighted by molar-refractivity contribution is -0.117. The minimum absolute atomic E-state index is 0.0291. The fourth-order valence-electron chi connectivity index (χ4n) is 2.86. The highest BCUT2D eigenvalue weighted by Crippen LogP contribution is 2.21. The Balaban J connectivity index is 1.52. The van der Waals surface area contributed by atoms with Crippen LogP contribution in [0.25, 0.3) is 11.4 Å². The molecule has 8 nitrogen and oxygen atoms in total. The normalized spacial score (nSPS) is 14.3. The number of nitrogens with zero attached hydrogens (tertiary/aromatic N) is 3. The minimum Gasteiger partial charge on any atom is -0.335 e. The van der Waals surface area contributed by atoms with Crippen molar-refractivity contribution in [3.63, 3.8) is 0 Å². The van der Waals surface area contributed by atoms with E-state index in [1.54, 1.807) is 0 Å². The Hall–Kier alpha value is -2.55. The van der Waals surface area contributed by atoms with E-state index in [0.29, 0.717) is 11.0 Å². The molecule has 138 valence electrons. The lowest BCUT2D eigenvalue weighted by Gasteiger charge is -2.12. The molecule has 0 spiro atoms. The molecule has 0 unspecified atom stereocenters. The summed E-state index contributed by atoms with van der Waals surface area (Å²) >= 11 is 1.13. The van der Waals surface area contributed by atoms with Crippen LogP contribution in [0.15, 0.2) is 29.4 Å².